The van der Waals surface area contributed by atoms with Crippen LogP contribution in [0.25, 0.3) is 0 Å². The number of hydrogen-bond acceptors (Lipinski definition) is 9. The zero-order valence-electron chi connectivity index (χ0n) is 25.0. The summed E-state index contributed by atoms with van der Waals surface area (Å²) in [7, 11) is 1.00. The molecule has 3 N–H and O–H groups in total. The van der Waals surface area contributed by atoms with Crippen molar-refractivity contribution in [3.63, 3.8) is 0 Å². The molecule has 3 unspecified atom stereocenters. The smallest absolute Gasteiger partial charge is 0.303 e. The molecule has 4 rings (SSSR count). The molecule has 0 bridgehead atoms. The van der Waals surface area contributed by atoms with Gasteiger partial charge >= 0.3 is 11.7 Å². The van der Waals surface area contributed by atoms with Crippen LogP contribution in [0.1, 0.15) is 85.0 Å². The number of Topliss-reactive ketones (excluding diaryl/α,β-unsaturated/α-hetero) is 1. The molecule has 0 radical (unpaired) electrons. The molecule has 0 aliphatic heterocycles. The number of carboxylic acid groups (broad SMARTS) is 1. The Hall–Kier alpha value is -3.41. The number of hydrogen-bond donors (Lipinski definition) is 3. The van der Waals surface area contributed by atoms with Gasteiger partial charge in [0.05, 0.1) is 15.9 Å². The lowest BCUT2D eigenvalue weighted by Crippen LogP contribution is -2.51. The Kier molecular flexibility index (Phi) is 10.8. The summed E-state index contributed by atoms with van der Waals surface area (Å²) in [6.07, 6.45) is 9.73. The normalized spacial score (nSPS) is 31.5. The molecule has 0 heterocycles. The monoisotopic (exact) mass is 588 g/mol. The molecule has 12 nitrogen and oxygen atoms in total. The summed E-state index contributed by atoms with van der Waals surface area (Å²) in [6.45, 7) is 6.56. The number of nitro groups is 2. The number of ketones is 1. The molecule has 3 aliphatic carbocycles. The third-order valence-corrected chi connectivity index (χ3v) is 10.5. The molecular weight excluding hydrogens is 544 g/mol. The predicted molar refractivity (Wildman–Crippen MR) is 158 cm³/mol. The van der Waals surface area contributed by atoms with Crippen LogP contribution in [0.15, 0.2) is 23.3 Å². The van der Waals surface area contributed by atoms with Crippen LogP contribution in [-0.2, 0) is 9.59 Å². The zero-order valence-corrected chi connectivity index (χ0v) is 25.0. The predicted octanol–water partition coefficient (Wildman–Crippen LogP) is 6.22. The maximum Gasteiger partial charge on any atom is 0.303 e. The average molecular weight is 589 g/mol. The highest BCUT2D eigenvalue weighted by Crippen LogP contribution is 2.63. The number of benzene rings is 1. The van der Waals surface area contributed by atoms with Gasteiger partial charge in [-0.2, -0.15) is 5.10 Å². The van der Waals surface area contributed by atoms with Gasteiger partial charge in [0.25, 0.3) is 5.69 Å². The van der Waals surface area contributed by atoms with E-state index in [1.54, 1.807) is 0 Å². The van der Waals surface area contributed by atoms with Gasteiger partial charge in [-0.15, -0.1) is 0 Å². The van der Waals surface area contributed by atoms with Crippen LogP contribution >= 0.6 is 0 Å². The molecule has 0 amide bonds. The third-order valence-electron chi connectivity index (χ3n) is 10.5. The second kappa shape index (κ2) is 13.7. The van der Waals surface area contributed by atoms with Gasteiger partial charge in [0.15, 0.2) is 0 Å². The first-order valence-corrected chi connectivity index (χ1v) is 14.8. The maximum atomic E-state index is 13.3. The molecule has 0 saturated heterocycles. The maximum absolute atomic E-state index is 13.3. The van der Waals surface area contributed by atoms with Crippen molar-refractivity contribution in [2.24, 2.45) is 45.5 Å². The minimum Gasteiger partial charge on any atom is -0.481 e. The molecule has 3 saturated carbocycles. The number of non-ortho nitro benzene ring substituents is 1. The van der Waals surface area contributed by atoms with Crippen molar-refractivity contribution < 1.29 is 29.6 Å². The molecular formula is C30H44N4O8. The van der Waals surface area contributed by atoms with Gasteiger partial charge in [0.2, 0.25) is 0 Å². The van der Waals surface area contributed by atoms with Crippen LogP contribution in [-0.4, -0.2) is 45.1 Å². The lowest BCUT2D eigenvalue weighted by atomic mass is 9.50. The molecule has 3 aliphatic rings. The quantitative estimate of drug-likeness (QED) is 0.162. The van der Waals surface area contributed by atoms with Gasteiger partial charge in [-0.1, -0.05) is 27.2 Å². The first kappa shape index (κ1) is 33.1. The van der Waals surface area contributed by atoms with Crippen LogP contribution in [0.4, 0.5) is 17.1 Å². The van der Waals surface area contributed by atoms with Crippen molar-refractivity contribution in [1.82, 2.24) is 0 Å². The third kappa shape index (κ3) is 6.63. The molecule has 232 valence electrons. The summed E-state index contributed by atoms with van der Waals surface area (Å²) in [6, 6.07) is 3.41. The number of nitrogens with zero attached hydrogens (tertiary/aromatic N) is 3. The summed E-state index contributed by atoms with van der Waals surface area (Å²) in [5, 5.41) is 43.4. The number of fused-ring (bicyclic) bond motifs is 1. The Bertz CT molecular complexity index is 1210. The average Bonchev–Trinajstić information content (AvgIpc) is 3.31. The molecule has 3 fully saturated rings. The highest BCUT2D eigenvalue weighted by molar-refractivity contribution is 5.86. The number of rotatable bonds is 10. The van der Waals surface area contributed by atoms with E-state index >= 15 is 0 Å². The highest BCUT2D eigenvalue weighted by atomic mass is 16.6. The van der Waals surface area contributed by atoms with Gasteiger partial charge in [-0.05, 0) is 80.1 Å². The Labute approximate surface area is 246 Å². The second-order valence-corrected chi connectivity index (χ2v) is 12.6. The first-order chi connectivity index (χ1) is 19.9. The number of hydrazone groups is 1. The standard InChI is InChI=1S/C29H40N4O7.CH4O/c1-18(7-12-27(35)36)21-9-10-22-20(17-30-31-24-11-8-19(32(37)38)16-25(24)33(39)40)23(13-15-28(21,22)2)29(3)14-5-4-6-26(29)34;1-2/h8,11,16-18,20-23,31H,4-7,9-10,12-15H2,1-3H3,(H,35,36);2H,1H3/b30-17+;/t18-,20?,21-,22?,23?,28-,29-;/m1./s1. The van der Waals surface area contributed by atoms with E-state index in [9.17, 15) is 34.9 Å². The number of anilines is 1. The number of carbonyl (C=O) groups excluding carboxylic acids is 1. The first-order valence-electron chi connectivity index (χ1n) is 14.8. The molecule has 12 heteroatoms. The van der Waals surface area contributed by atoms with Gasteiger partial charge in [0.1, 0.15) is 11.5 Å². The molecule has 0 aromatic heterocycles. The van der Waals surface area contributed by atoms with Crippen LogP contribution in [0, 0.1) is 60.6 Å². The number of aliphatic hydroxyl groups is 1. The van der Waals surface area contributed by atoms with E-state index in [1.165, 1.54) is 12.1 Å². The van der Waals surface area contributed by atoms with Crippen molar-refractivity contribution in [3.8, 4) is 0 Å². The minimum atomic E-state index is -0.782. The lowest BCUT2D eigenvalue weighted by molar-refractivity contribution is -0.393. The Morgan fingerprint density at radius 2 is 1.83 bits per heavy atom. The van der Waals surface area contributed by atoms with Crippen molar-refractivity contribution in [1.29, 1.82) is 0 Å². The summed E-state index contributed by atoms with van der Waals surface area (Å²) in [5.41, 5.74) is 1.54. The van der Waals surface area contributed by atoms with E-state index in [0.717, 1.165) is 58.1 Å². The topological polar surface area (TPSA) is 185 Å². The van der Waals surface area contributed by atoms with Crippen LogP contribution in [0.3, 0.4) is 0 Å². The Morgan fingerprint density at radius 3 is 2.45 bits per heavy atom. The van der Waals surface area contributed by atoms with Gasteiger partial charge in [0, 0.05) is 43.6 Å². The Balaban J connectivity index is 0.00000237. The van der Waals surface area contributed by atoms with E-state index in [4.69, 9.17) is 5.11 Å². The number of aliphatic carboxylic acids is 1. The summed E-state index contributed by atoms with van der Waals surface area (Å²) >= 11 is 0. The van der Waals surface area contributed by atoms with Crippen molar-refractivity contribution >= 4 is 35.0 Å². The van der Waals surface area contributed by atoms with Gasteiger partial charge in [-0.25, -0.2) is 0 Å². The van der Waals surface area contributed by atoms with Crippen molar-refractivity contribution in [3.05, 3.63) is 38.4 Å². The summed E-state index contributed by atoms with van der Waals surface area (Å²) in [4.78, 5) is 45.9. The number of nitrogens with one attached hydrogen (secondary N) is 1. The highest BCUT2D eigenvalue weighted by Gasteiger charge is 2.58. The SMILES string of the molecule is CO.C[C@H](CCC(=O)O)[C@H]1CCC2C(/C=N/Nc3ccc([N+](=O)[O-])cc3[N+](=O)[O-])C([C@@]3(C)CCCCC3=O)CC[C@@]21C. The fourth-order valence-electron chi connectivity index (χ4n) is 8.34. The lowest BCUT2D eigenvalue weighted by Gasteiger charge is -2.53. The molecule has 7 atom stereocenters. The van der Waals surface area contributed by atoms with E-state index in [1.807, 2.05) is 6.21 Å². The minimum absolute atomic E-state index is 0.0292. The number of aliphatic hydroxyl groups excluding tert-OH is 1. The molecule has 0 spiro atoms. The number of nitro benzene ring substituents is 2. The van der Waals surface area contributed by atoms with E-state index in [2.05, 4.69) is 31.3 Å². The molecule has 1 aromatic rings. The Morgan fingerprint density at radius 1 is 1.12 bits per heavy atom. The fraction of sp³-hybridized carbons (Fsp3) is 0.700. The van der Waals surface area contributed by atoms with E-state index in [0.29, 0.717) is 24.5 Å². The van der Waals surface area contributed by atoms with Crippen molar-refractivity contribution in [2.45, 2.75) is 85.0 Å². The van der Waals surface area contributed by atoms with Gasteiger partial charge in [-0.3, -0.25) is 35.2 Å². The summed E-state index contributed by atoms with van der Waals surface area (Å²) < 4.78 is 0. The second-order valence-electron chi connectivity index (χ2n) is 12.6. The zero-order chi connectivity index (χ0) is 31.2. The van der Waals surface area contributed by atoms with E-state index in [-0.39, 0.29) is 46.9 Å². The van der Waals surface area contributed by atoms with Gasteiger partial charge < -0.3 is 10.2 Å². The summed E-state index contributed by atoms with van der Waals surface area (Å²) in [5.74, 6) is 0.438. The number of carbonyl (C=O) groups is 2. The molecule has 1 aromatic carbocycles. The van der Waals surface area contributed by atoms with Crippen LogP contribution in [0.2, 0.25) is 0 Å². The number of carboxylic acids is 1. The van der Waals surface area contributed by atoms with E-state index < -0.39 is 26.9 Å². The van der Waals surface area contributed by atoms with Crippen molar-refractivity contribution in [2.75, 3.05) is 12.5 Å². The molecule has 42 heavy (non-hydrogen) atoms. The largest absolute Gasteiger partial charge is 0.481 e. The fourth-order valence-corrected chi connectivity index (χ4v) is 8.34. The van der Waals surface area contributed by atoms with Crippen LogP contribution in [0.5, 0.6) is 0 Å². The van der Waals surface area contributed by atoms with Crippen LogP contribution < -0.4 is 5.43 Å².